The first-order valence-electron chi connectivity index (χ1n) is 6.81. The van der Waals surface area contributed by atoms with Crippen molar-refractivity contribution < 1.29 is 18.0 Å². The Balaban J connectivity index is 1.82. The quantitative estimate of drug-likeness (QED) is 0.854. The monoisotopic (exact) mass is 309 g/mol. The van der Waals surface area contributed by atoms with E-state index < -0.39 is 17.3 Å². The molecule has 3 rings (SSSR count). The molecule has 0 radical (unpaired) electrons. The van der Waals surface area contributed by atoms with Crippen LogP contribution in [0.1, 0.15) is 22.3 Å². The molecular weight excluding hydrogens is 295 g/mol. The molecule has 0 spiro atoms. The van der Waals surface area contributed by atoms with Crippen LogP contribution in [-0.4, -0.2) is 33.7 Å². The average Bonchev–Trinajstić information content (AvgIpc) is 3.04. The lowest BCUT2D eigenvalue weighted by atomic mass is 9.95. The summed E-state index contributed by atoms with van der Waals surface area (Å²) in [6, 6.07) is 2.64. The third kappa shape index (κ3) is 2.58. The second-order valence-corrected chi connectivity index (χ2v) is 5.50. The predicted octanol–water partition coefficient (Wildman–Crippen LogP) is 2.41. The van der Waals surface area contributed by atoms with E-state index in [1.165, 1.54) is 15.8 Å². The van der Waals surface area contributed by atoms with Gasteiger partial charge in [-0.2, -0.15) is 5.10 Å². The van der Waals surface area contributed by atoms with Crippen molar-refractivity contribution in [2.45, 2.75) is 12.1 Å². The number of hydrogen-bond donors (Lipinski definition) is 0. The van der Waals surface area contributed by atoms with Gasteiger partial charge < -0.3 is 4.90 Å². The summed E-state index contributed by atoms with van der Waals surface area (Å²) in [5, 5.41) is 3.90. The maximum Gasteiger partial charge on any atom is 0.257 e. The van der Waals surface area contributed by atoms with Crippen LogP contribution < -0.4 is 0 Å². The van der Waals surface area contributed by atoms with Crippen molar-refractivity contribution in [1.82, 2.24) is 14.7 Å². The van der Waals surface area contributed by atoms with Crippen LogP contribution in [0, 0.1) is 11.6 Å². The first kappa shape index (κ1) is 14.6. The summed E-state index contributed by atoms with van der Waals surface area (Å²) in [6.45, 7) is -0.0496. The highest BCUT2D eigenvalue weighted by Gasteiger charge is 2.42. The summed E-state index contributed by atoms with van der Waals surface area (Å²) in [5.41, 5.74) is -1.66. The molecule has 0 bridgehead atoms. The average molecular weight is 309 g/mol. The molecule has 0 N–H and O–H groups in total. The van der Waals surface area contributed by atoms with Gasteiger partial charge >= 0.3 is 0 Å². The van der Waals surface area contributed by atoms with Crippen LogP contribution in [0.4, 0.5) is 13.2 Å². The van der Waals surface area contributed by atoms with Crippen LogP contribution in [0.2, 0.25) is 0 Å². The number of carbonyl (C=O) groups is 1. The Morgan fingerprint density at radius 2 is 1.95 bits per heavy atom. The van der Waals surface area contributed by atoms with E-state index in [1.807, 2.05) is 0 Å². The fourth-order valence-electron chi connectivity index (χ4n) is 2.71. The second-order valence-electron chi connectivity index (χ2n) is 5.50. The fraction of sp³-hybridized carbons (Fsp3) is 0.333. The van der Waals surface area contributed by atoms with Crippen LogP contribution in [-0.2, 0) is 12.7 Å². The number of halogens is 3. The predicted molar refractivity (Wildman–Crippen MR) is 72.9 cm³/mol. The molecule has 116 valence electrons. The van der Waals surface area contributed by atoms with Crippen LogP contribution in [0.3, 0.4) is 0 Å². The third-order valence-electron chi connectivity index (χ3n) is 3.84. The zero-order valence-electron chi connectivity index (χ0n) is 11.9. The molecule has 0 unspecified atom stereocenters. The van der Waals surface area contributed by atoms with Gasteiger partial charge in [-0.25, -0.2) is 13.2 Å². The van der Waals surface area contributed by atoms with Crippen molar-refractivity contribution in [3.8, 4) is 0 Å². The lowest BCUT2D eigenvalue weighted by molar-refractivity contribution is 0.0750. The van der Waals surface area contributed by atoms with E-state index in [0.29, 0.717) is 11.6 Å². The summed E-state index contributed by atoms with van der Waals surface area (Å²) in [5.74, 6) is -2.00. The molecule has 1 amide bonds. The lowest BCUT2D eigenvalue weighted by Crippen LogP contribution is -2.32. The topological polar surface area (TPSA) is 38.1 Å². The Morgan fingerprint density at radius 3 is 2.55 bits per heavy atom. The minimum atomic E-state index is -1.94. The lowest BCUT2D eigenvalue weighted by Gasteiger charge is -2.21. The van der Waals surface area contributed by atoms with Crippen molar-refractivity contribution in [2.75, 3.05) is 13.1 Å². The maximum absolute atomic E-state index is 15.0. The molecule has 1 atom stereocenters. The Labute approximate surface area is 125 Å². The number of alkyl halides is 1. The molecule has 7 heteroatoms. The smallest absolute Gasteiger partial charge is 0.257 e. The molecule has 1 aromatic heterocycles. The fourth-order valence-corrected chi connectivity index (χ4v) is 2.71. The highest BCUT2D eigenvalue weighted by molar-refractivity contribution is 5.94. The van der Waals surface area contributed by atoms with E-state index in [9.17, 15) is 18.0 Å². The number of carbonyl (C=O) groups excluding carboxylic acids is 1. The third-order valence-corrected chi connectivity index (χ3v) is 3.84. The van der Waals surface area contributed by atoms with Crippen molar-refractivity contribution >= 4 is 5.91 Å². The number of rotatable bonds is 2. The maximum atomic E-state index is 15.0. The summed E-state index contributed by atoms with van der Waals surface area (Å²) in [7, 11) is 1.68. The van der Waals surface area contributed by atoms with E-state index in [2.05, 4.69) is 5.10 Å². The summed E-state index contributed by atoms with van der Waals surface area (Å²) >= 11 is 0. The molecule has 4 nitrogen and oxygen atoms in total. The number of aryl methyl sites for hydroxylation is 1. The molecule has 0 aliphatic carbocycles. The van der Waals surface area contributed by atoms with E-state index >= 15 is 0 Å². The number of nitrogens with zero attached hydrogens (tertiary/aromatic N) is 3. The first-order valence-corrected chi connectivity index (χ1v) is 6.81. The normalized spacial score (nSPS) is 21.4. The second kappa shape index (κ2) is 5.15. The van der Waals surface area contributed by atoms with E-state index in [1.54, 1.807) is 13.2 Å². The van der Waals surface area contributed by atoms with Gasteiger partial charge in [-0.1, -0.05) is 0 Å². The van der Waals surface area contributed by atoms with Gasteiger partial charge in [-0.3, -0.25) is 9.48 Å². The number of amides is 1. The molecular formula is C15H14F3N3O. The van der Waals surface area contributed by atoms with Crippen molar-refractivity contribution in [3.05, 3.63) is 53.4 Å². The van der Waals surface area contributed by atoms with Gasteiger partial charge in [-0.15, -0.1) is 0 Å². The van der Waals surface area contributed by atoms with Crippen molar-refractivity contribution in [3.63, 3.8) is 0 Å². The van der Waals surface area contributed by atoms with Crippen LogP contribution in [0.25, 0.3) is 0 Å². The minimum Gasteiger partial charge on any atom is -0.335 e. The Bertz CT molecular complexity index is 710. The molecule has 1 saturated heterocycles. The van der Waals surface area contributed by atoms with Crippen LogP contribution >= 0.6 is 0 Å². The number of hydrogen-bond acceptors (Lipinski definition) is 2. The number of benzene rings is 1. The zero-order valence-corrected chi connectivity index (χ0v) is 11.9. The molecule has 2 heterocycles. The van der Waals surface area contributed by atoms with E-state index in [0.717, 1.165) is 12.1 Å². The molecule has 0 saturated carbocycles. The summed E-state index contributed by atoms with van der Waals surface area (Å²) in [4.78, 5) is 13.6. The standard InChI is InChI=1S/C15H14F3N3O/c1-20-8-10(7-19-20)14(22)21-3-2-15(18,9-21)11-4-12(16)6-13(17)5-11/h4-8H,2-3,9H2,1H3/t15-/m0/s1. The SMILES string of the molecule is Cn1cc(C(=O)N2CC[C@@](F)(c3cc(F)cc(F)c3)C2)cn1. The van der Waals surface area contributed by atoms with Gasteiger partial charge in [0, 0.05) is 32.3 Å². The van der Waals surface area contributed by atoms with Gasteiger partial charge in [0.15, 0.2) is 5.67 Å². The van der Waals surface area contributed by atoms with Gasteiger partial charge in [0.05, 0.1) is 18.3 Å². The molecule has 1 fully saturated rings. The van der Waals surface area contributed by atoms with Crippen molar-refractivity contribution in [2.24, 2.45) is 7.05 Å². The zero-order chi connectivity index (χ0) is 15.9. The van der Waals surface area contributed by atoms with E-state index in [4.69, 9.17) is 0 Å². The van der Waals surface area contributed by atoms with Crippen LogP contribution in [0.15, 0.2) is 30.6 Å². The molecule has 1 aliphatic heterocycles. The highest BCUT2D eigenvalue weighted by Crippen LogP contribution is 2.37. The minimum absolute atomic E-state index is 0.00188. The first-order chi connectivity index (χ1) is 10.4. The van der Waals surface area contributed by atoms with Gasteiger partial charge in [0.25, 0.3) is 5.91 Å². The van der Waals surface area contributed by atoms with Gasteiger partial charge in [0.2, 0.25) is 0 Å². The molecule has 1 aromatic carbocycles. The summed E-state index contributed by atoms with van der Waals surface area (Å²) < 4.78 is 43.0. The van der Waals surface area contributed by atoms with Gasteiger partial charge in [-0.05, 0) is 17.7 Å². The highest BCUT2D eigenvalue weighted by atomic mass is 19.1. The summed E-state index contributed by atoms with van der Waals surface area (Å²) in [6.07, 6.45) is 2.95. The Hall–Kier alpha value is -2.31. The Morgan fingerprint density at radius 1 is 1.27 bits per heavy atom. The largest absolute Gasteiger partial charge is 0.335 e. The molecule has 1 aliphatic rings. The number of aromatic nitrogens is 2. The molecule has 22 heavy (non-hydrogen) atoms. The van der Waals surface area contributed by atoms with Crippen molar-refractivity contribution in [1.29, 1.82) is 0 Å². The number of likely N-dealkylation sites (tertiary alicyclic amines) is 1. The van der Waals surface area contributed by atoms with Crippen LogP contribution in [0.5, 0.6) is 0 Å². The molecule has 2 aromatic rings. The van der Waals surface area contributed by atoms with Gasteiger partial charge in [0.1, 0.15) is 11.6 Å². The Kier molecular flexibility index (Phi) is 3.42. The van der Waals surface area contributed by atoms with E-state index in [-0.39, 0.29) is 31.0 Å².